The topological polar surface area (TPSA) is 76.7 Å². The summed E-state index contributed by atoms with van der Waals surface area (Å²) in [6, 6.07) is 0.322. The molecule has 0 radical (unpaired) electrons. The van der Waals surface area contributed by atoms with Gasteiger partial charge in [-0.05, 0) is 26.2 Å². The lowest BCUT2D eigenvalue weighted by Crippen LogP contribution is -2.17. The Kier molecular flexibility index (Phi) is 3.16. The van der Waals surface area contributed by atoms with Gasteiger partial charge in [0, 0.05) is 17.8 Å². The van der Waals surface area contributed by atoms with Gasteiger partial charge in [0.15, 0.2) is 5.16 Å². The Morgan fingerprint density at radius 1 is 1.67 bits per heavy atom. The van der Waals surface area contributed by atoms with Gasteiger partial charge in [-0.3, -0.25) is 4.57 Å². The van der Waals surface area contributed by atoms with Crippen LogP contribution in [0.25, 0.3) is 0 Å². The molecule has 0 bridgehead atoms. The maximum absolute atomic E-state index is 11.3. The largest absolute Gasteiger partial charge is 0.343 e. The summed E-state index contributed by atoms with van der Waals surface area (Å²) < 4.78 is 1.66. The Labute approximate surface area is 92.4 Å². The third-order valence-corrected chi connectivity index (χ3v) is 4.02. The molecule has 3 N–H and O–H groups in total. The second-order valence-corrected chi connectivity index (χ2v) is 5.14. The Balaban J connectivity index is 2.07. The van der Waals surface area contributed by atoms with Gasteiger partial charge in [-0.2, -0.15) is 0 Å². The lowest BCUT2D eigenvalue weighted by atomic mass is 10.3. The second-order valence-electron chi connectivity index (χ2n) is 3.87. The molecule has 2 atom stereocenters. The van der Waals surface area contributed by atoms with Gasteiger partial charge >= 0.3 is 5.69 Å². The maximum atomic E-state index is 11.3. The van der Waals surface area contributed by atoms with Crippen molar-refractivity contribution >= 4 is 11.8 Å². The van der Waals surface area contributed by atoms with Crippen LogP contribution in [0.4, 0.5) is 0 Å². The Morgan fingerprint density at radius 2 is 2.47 bits per heavy atom. The number of hydrogen-bond acceptors (Lipinski definition) is 4. The van der Waals surface area contributed by atoms with E-state index in [1.165, 1.54) is 0 Å². The highest BCUT2D eigenvalue weighted by Crippen LogP contribution is 2.32. The number of hydrogen-bond donors (Lipinski definition) is 2. The van der Waals surface area contributed by atoms with Gasteiger partial charge in [0.2, 0.25) is 0 Å². The quantitative estimate of drug-likeness (QED) is 0.792. The average Bonchev–Trinajstić information content (AvgIpc) is 2.75. The first kappa shape index (κ1) is 10.8. The van der Waals surface area contributed by atoms with Crippen LogP contribution >= 0.6 is 11.8 Å². The van der Waals surface area contributed by atoms with Crippen molar-refractivity contribution in [1.82, 2.24) is 14.8 Å². The normalized spacial score (nSPS) is 26.0. The van der Waals surface area contributed by atoms with Crippen molar-refractivity contribution in [3.8, 4) is 0 Å². The third kappa shape index (κ3) is 2.26. The minimum Gasteiger partial charge on any atom is -0.328 e. The minimum absolute atomic E-state index is 0.123. The van der Waals surface area contributed by atoms with E-state index in [9.17, 15) is 4.79 Å². The molecule has 2 unspecified atom stereocenters. The molecule has 6 heteroatoms. The van der Waals surface area contributed by atoms with Gasteiger partial charge < -0.3 is 5.73 Å². The van der Waals surface area contributed by atoms with Gasteiger partial charge in [0.05, 0.1) is 0 Å². The Hall–Kier alpha value is -0.750. The van der Waals surface area contributed by atoms with E-state index in [0.717, 1.165) is 24.4 Å². The predicted molar refractivity (Wildman–Crippen MR) is 60.0 cm³/mol. The fraction of sp³-hybridized carbons (Fsp3) is 0.778. The Morgan fingerprint density at radius 3 is 3.07 bits per heavy atom. The molecule has 1 aliphatic rings. The SMILES string of the molecule is CCn1c(SC2CCC(N)C2)n[nH]c1=O. The minimum atomic E-state index is -0.123. The zero-order valence-electron chi connectivity index (χ0n) is 8.77. The average molecular weight is 228 g/mol. The van der Waals surface area contributed by atoms with Crippen LogP contribution in [0.2, 0.25) is 0 Å². The van der Waals surface area contributed by atoms with E-state index in [2.05, 4.69) is 10.2 Å². The van der Waals surface area contributed by atoms with Crippen molar-refractivity contribution in [2.75, 3.05) is 0 Å². The first-order valence-corrected chi connectivity index (χ1v) is 6.16. The molecule has 15 heavy (non-hydrogen) atoms. The number of nitrogens with one attached hydrogen (secondary N) is 1. The molecule has 1 aromatic heterocycles. The zero-order chi connectivity index (χ0) is 10.8. The molecule has 0 amide bonds. The van der Waals surface area contributed by atoms with E-state index in [0.29, 0.717) is 17.8 Å². The highest BCUT2D eigenvalue weighted by Gasteiger charge is 2.24. The van der Waals surface area contributed by atoms with Gasteiger partial charge in [0.25, 0.3) is 0 Å². The molecule has 2 rings (SSSR count). The van der Waals surface area contributed by atoms with E-state index in [1.54, 1.807) is 16.3 Å². The third-order valence-electron chi connectivity index (χ3n) is 2.74. The molecule has 0 saturated heterocycles. The van der Waals surface area contributed by atoms with Crippen LogP contribution in [-0.2, 0) is 6.54 Å². The second kappa shape index (κ2) is 4.40. The van der Waals surface area contributed by atoms with E-state index in [-0.39, 0.29) is 5.69 Å². The summed E-state index contributed by atoms with van der Waals surface area (Å²) in [5, 5.41) is 7.81. The monoisotopic (exact) mass is 228 g/mol. The Bertz CT molecular complexity index is 386. The van der Waals surface area contributed by atoms with Crippen LogP contribution in [0.15, 0.2) is 9.95 Å². The van der Waals surface area contributed by atoms with Crippen LogP contribution in [0.5, 0.6) is 0 Å². The summed E-state index contributed by atoms with van der Waals surface area (Å²) in [5.74, 6) is 0. The van der Waals surface area contributed by atoms with Gasteiger partial charge in [-0.15, -0.1) is 5.10 Å². The van der Waals surface area contributed by atoms with E-state index < -0.39 is 0 Å². The number of thioether (sulfide) groups is 1. The fourth-order valence-corrected chi connectivity index (χ4v) is 3.23. The highest BCUT2D eigenvalue weighted by molar-refractivity contribution is 7.99. The van der Waals surface area contributed by atoms with Crippen LogP contribution in [-0.4, -0.2) is 26.1 Å². The zero-order valence-corrected chi connectivity index (χ0v) is 9.59. The number of aromatic amines is 1. The summed E-state index contributed by atoms with van der Waals surface area (Å²) >= 11 is 1.67. The molecule has 1 heterocycles. The molecule has 1 saturated carbocycles. The lowest BCUT2D eigenvalue weighted by Gasteiger charge is -2.08. The van der Waals surface area contributed by atoms with Crippen LogP contribution in [0, 0.1) is 0 Å². The van der Waals surface area contributed by atoms with E-state index in [4.69, 9.17) is 5.73 Å². The van der Waals surface area contributed by atoms with Crippen molar-refractivity contribution in [3.63, 3.8) is 0 Å². The number of rotatable bonds is 3. The van der Waals surface area contributed by atoms with Crippen LogP contribution in [0.3, 0.4) is 0 Å². The van der Waals surface area contributed by atoms with E-state index in [1.807, 2.05) is 6.92 Å². The molecular weight excluding hydrogens is 212 g/mol. The van der Waals surface area contributed by atoms with Crippen LogP contribution in [0.1, 0.15) is 26.2 Å². The molecule has 1 aliphatic carbocycles. The summed E-state index contributed by atoms with van der Waals surface area (Å²) in [6.07, 6.45) is 3.23. The smallest absolute Gasteiger partial charge is 0.328 e. The lowest BCUT2D eigenvalue weighted by molar-refractivity contribution is 0.657. The molecule has 84 valence electrons. The van der Waals surface area contributed by atoms with Crippen LogP contribution < -0.4 is 11.4 Å². The van der Waals surface area contributed by atoms with Gasteiger partial charge in [0.1, 0.15) is 0 Å². The highest BCUT2D eigenvalue weighted by atomic mass is 32.2. The van der Waals surface area contributed by atoms with Crippen molar-refractivity contribution in [3.05, 3.63) is 10.5 Å². The molecule has 0 aliphatic heterocycles. The molecule has 0 aromatic carbocycles. The molecular formula is C9H16N4OS. The van der Waals surface area contributed by atoms with E-state index >= 15 is 0 Å². The summed E-state index contributed by atoms with van der Waals surface area (Å²) in [7, 11) is 0. The number of nitrogens with two attached hydrogens (primary N) is 1. The standard InChI is InChI=1S/C9H16N4OS/c1-2-13-8(14)11-12-9(13)15-7-4-3-6(10)5-7/h6-7H,2-5,10H2,1H3,(H,11,14). The molecule has 1 fully saturated rings. The van der Waals surface area contributed by atoms with Crippen molar-refractivity contribution in [1.29, 1.82) is 0 Å². The number of aromatic nitrogens is 3. The molecule has 0 spiro atoms. The summed E-state index contributed by atoms with van der Waals surface area (Å²) in [6.45, 7) is 2.61. The van der Waals surface area contributed by atoms with Gasteiger partial charge in [-0.1, -0.05) is 11.8 Å². The molecule has 5 nitrogen and oxygen atoms in total. The summed E-state index contributed by atoms with van der Waals surface area (Å²) in [5.41, 5.74) is 5.72. The van der Waals surface area contributed by atoms with Crippen molar-refractivity contribution in [2.45, 2.75) is 49.2 Å². The predicted octanol–water partition coefficient (Wildman–Crippen LogP) is 0.563. The fourth-order valence-electron chi connectivity index (χ4n) is 1.90. The molecule has 1 aromatic rings. The summed E-state index contributed by atoms with van der Waals surface area (Å²) in [4.78, 5) is 11.3. The first-order valence-electron chi connectivity index (χ1n) is 5.28. The first-order chi connectivity index (χ1) is 7.20. The maximum Gasteiger partial charge on any atom is 0.343 e. The van der Waals surface area contributed by atoms with Gasteiger partial charge in [-0.25, -0.2) is 9.89 Å². The van der Waals surface area contributed by atoms with Crippen molar-refractivity contribution < 1.29 is 0 Å². The number of nitrogens with zero attached hydrogens (tertiary/aromatic N) is 2. The van der Waals surface area contributed by atoms with Crippen molar-refractivity contribution in [2.24, 2.45) is 5.73 Å². The number of H-pyrrole nitrogens is 1.